The van der Waals surface area contributed by atoms with Crippen molar-refractivity contribution in [1.82, 2.24) is 10.6 Å². The van der Waals surface area contributed by atoms with Gasteiger partial charge in [0, 0.05) is 19.5 Å². The van der Waals surface area contributed by atoms with Gasteiger partial charge in [-0.3, -0.25) is 4.79 Å². The molecule has 20 heavy (non-hydrogen) atoms. The molecule has 0 aliphatic carbocycles. The number of rotatable bonds is 5. The maximum atomic E-state index is 12.1. The van der Waals surface area contributed by atoms with Crippen molar-refractivity contribution in [3.8, 4) is 0 Å². The van der Waals surface area contributed by atoms with E-state index in [1.54, 1.807) is 0 Å². The number of carboxylic acid groups (broad SMARTS) is 1. The third-order valence-corrected chi connectivity index (χ3v) is 3.37. The number of aliphatic hydroxyl groups is 1. The molecular formula is C14H18N2O4. The average molecular weight is 278 g/mol. The van der Waals surface area contributed by atoms with Gasteiger partial charge in [0.1, 0.15) is 6.04 Å². The van der Waals surface area contributed by atoms with Crippen LogP contribution in [0.15, 0.2) is 24.3 Å². The highest BCUT2D eigenvalue weighted by molar-refractivity contribution is 5.84. The fourth-order valence-electron chi connectivity index (χ4n) is 2.30. The summed E-state index contributed by atoms with van der Waals surface area (Å²) in [6.45, 7) is 0.861. The number of carbonyl (C=O) groups excluding carboxylic acids is 1. The van der Waals surface area contributed by atoms with E-state index >= 15 is 0 Å². The van der Waals surface area contributed by atoms with Gasteiger partial charge in [-0.25, -0.2) is 4.79 Å². The van der Waals surface area contributed by atoms with Crippen LogP contribution in [0.2, 0.25) is 0 Å². The predicted molar refractivity (Wildman–Crippen MR) is 72.2 cm³/mol. The van der Waals surface area contributed by atoms with Gasteiger partial charge in [0.2, 0.25) is 5.91 Å². The second-order valence-corrected chi connectivity index (χ2v) is 4.77. The molecule has 0 radical (unpaired) electrons. The lowest BCUT2D eigenvalue weighted by Gasteiger charge is -2.26. The number of hydrogen-bond acceptors (Lipinski definition) is 4. The Hall–Kier alpha value is -1.92. The van der Waals surface area contributed by atoms with Crippen molar-refractivity contribution in [2.45, 2.75) is 25.0 Å². The lowest BCUT2D eigenvalue weighted by atomic mass is 9.94. The van der Waals surface area contributed by atoms with Crippen LogP contribution in [-0.4, -0.2) is 41.3 Å². The first-order valence-corrected chi connectivity index (χ1v) is 6.59. The van der Waals surface area contributed by atoms with E-state index in [2.05, 4.69) is 10.6 Å². The topological polar surface area (TPSA) is 98.7 Å². The largest absolute Gasteiger partial charge is 0.479 e. The second-order valence-electron chi connectivity index (χ2n) is 4.77. The van der Waals surface area contributed by atoms with Crippen LogP contribution < -0.4 is 10.6 Å². The smallest absolute Gasteiger partial charge is 0.332 e. The molecule has 0 saturated carbocycles. The highest BCUT2D eigenvalue weighted by Crippen LogP contribution is 2.22. The van der Waals surface area contributed by atoms with Gasteiger partial charge in [0.05, 0.1) is 0 Å². The Labute approximate surface area is 116 Å². The molecule has 0 saturated heterocycles. The molecule has 1 aliphatic heterocycles. The zero-order chi connectivity index (χ0) is 14.5. The van der Waals surface area contributed by atoms with Gasteiger partial charge in [-0.1, -0.05) is 24.3 Å². The number of carboxylic acids is 1. The summed E-state index contributed by atoms with van der Waals surface area (Å²) in [5, 5.41) is 23.5. The van der Waals surface area contributed by atoms with E-state index in [1.807, 2.05) is 24.3 Å². The zero-order valence-electron chi connectivity index (χ0n) is 11.0. The van der Waals surface area contributed by atoms with E-state index in [0.717, 1.165) is 24.1 Å². The van der Waals surface area contributed by atoms with Crippen molar-refractivity contribution < 1.29 is 19.8 Å². The van der Waals surface area contributed by atoms with Crippen LogP contribution in [0.25, 0.3) is 0 Å². The van der Waals surface area contributed by atoms with Gasteiger partial charge in [-0.15, -0.1) is 0 Å². The molecule has 0 spiro atoms. The van der Waals surface area contributed by atoms with E-state index in [0.29, 0.717) is 0 Å². The maximum Gasteiger partial charge on any atom is 0.332 e. The highest BCUT2D eigenvalue weighted by atomic mass is 16.4. The van der Waals surface area contributed by atoms with Crippen LogP contribution in [0.5, 0.6) is 0 Å². The Bertz CT molecular complexity index is 504. The Morgan fingerprint density at radius 1 is 1.40 bits per heavy atom. The molecule has 1 aliphatic rings. The average Bonchev–Trinajstić information content (AvgIpc) is 2.46. The minimum atomic E-state index is -1.44. The SMILES string of the molecule is O=C(NCC[C@H](O)C(=O)O)C1NCCc2ccccc21. The summed E-state index contributed by atoms with van der Waals surface area (Å²) in [6, 6.07) is 7.34. The first kappa shape index (κ1) is 14.5. The van der Waals surface area contributed by atoms with E-state index in [-0.39, 0.29) is 18.9 Å². The molecule has 1 heterocycles. The van der Waals surface area contributed by atoms with Crippen LogP contribution in [-0.2, 0) is 16.0 Å². The molecule has 1 aromatic carbocycles. The molecule has 108 valence electrons. The Morgan fingerprint density at radius 2 is 2.15 bits per heavy atom. The van der Waals surface area contributed by atoms with Crippen molar-refractivity contribution in [3.05, 3.63) is 35.4 Å². The van der Waals surface area contributed by atoms with Crippen molar-refractivity contribution in [1.29, 1.82) is 0 Å². The Morgan fingerprint density at radius 3 is 2.90 bits per heavy atom. The summed E-state index contributed by atoms with van der Waals surface area (Å²) in [5.74, 6) is -1.48. The molecule has 0 fully saturated rings. The number of benzene rings is 1. The fraction of sp³-hybridized carbons (Fsp3) is 0.429. The molecule has 6 heteroatoms. The van der Waals surface area contributed by atoms with E-state index in [4.69, 9.17) is 10.2 Å². The van der Waals surface area contributed by atoms with Crippen molar-refractivity contribution >= 4 is 11.9 Å². The fourth-order valence-corrected chi connectivity index (χ4v) is 2.30. The van der Waals surface area contributed by atoms with Gasteiger partial charge < -0.3 is 20.8 Å². The third-order valence-electron chi connectivity index (χ3n) is 3.37. The van der Waals surface area contributed by atoms with Crippen LogP contribution in [0.3, 0.4) is 0 Å². The van der Waals surface area contributed by atoms with Gasteiger partial charge in [0.25, 0.3) is 0 Å². The monoisotopic (exact) mass is 278 g/mol. The number of fused-ring (bicyclic) bond motifs is 1. The number of aliphatic carboxylic acids is 1. The van der Waals surface area contributed by atoms with Crippen molar-refractivity contribution in [2.75, 3.05) is 13.1 Å². The molecule has 2 rings (SSSR count). The molecule has 2 atom stereocenters. The minimum absolute atomic E-state index is 0.00452. The summed E-state index contributed by atoms with van der Waals surface area (Å²) >= 11 is 0. The highest BCUT2D eigenvalue weighted by Gasteiger charge is 2.25. The molecule has 1 amide bonds. The molecule has 6 nitrogen and oxygen atoms in total. The normalized spacial score (nSPS) is 18.9. The van der Waals surface area contributed by atoms with Crippen molar-refractivity contribution in [2.24, 2.45) is 0 Å². The number of amides is 1. The number of hydrogen-bond donors (Lipinski definition) is 4. The minimum Gasteiger partial charge on any atom is -0.479 e. The molecule has 1 unspecified atom stereocenters. The number of aliphatic hydroxyl groups excluding tert-OH is 1. The Balaban J connectivity index is 1.92. The summed E-state index contributed by atoms with van der Waals surface area (Å²) in [4.78, 5) is 22.6. The first-order valence-electron chi connectivity index (χ1n) is 6.59. The standard InChI is InChI=1S/C14H18N2O4/c17-11(14(19)20)6-8-16-13(18)12-10-4-2-1-3-9(10)5-7-15-12/h1-4,11-12,15,17H,5-8H2,(H,16,18)(H,19,20)/t11-,12?/m0/s1. The van der Waals surface area contributed by atoms with Crippen LogP contribution >= 0.6 is 0 Å². The predicted octanol–water partition coefficient (Wildman–Crippen LogP) is -0.175. The van der Waals surface area contributed by atoms with Crippen LogP contribution in [0, 0.1) is 0 Å². The first-order chi connectivity index (χ1) is 9.59. The van der Waals surface area contributed by atoms with Crippen molar-refractivity contribution in [3.63, 3.8) is 0 Å². The lowest BCUT2D eigenvalue weighted by Crippen LogP contribution is -2.42. The molecule has 4 N–H and O–H groups in total. The summed E-state index contributed by atoms with van der Waals surface area (Å²) < 4.78 is 0. The molecule has 0 aromatic heterocycles. The van der Waals surface area contributed by atoms with Crippen LogP contribution in [0.4, 0.5) is 0 Å². The van der Waals surface area contributed by atoms with E-state index in [9.17, 15) is 9.59 Å². The third kappa shape index (κ3) is 3.34. The quantitative estimate of drug-likeness (QED) is 0.599. The van der Waals surface area contributed by atoms with E-state index in [1.165, 1.54) is 0 Å². The summed E-state index contributed by atoms with van der Waals surface area (Å²) in [6.07, 6.45) is -0.561. The maximum absolute atomic E-state index is 12.1. The summed E-state index contributed by atoms with van der Waals surface area (Å²) in [5.41, 5.74) is 2.10. The second kappa shape index (κ2) is 6.49. The zero-order valence-corrected chi connectivity index (χ0v) is 11.0. The molecule has 0 bridgehead atoms. The van der Waals surface area contributed by atoms with E-state index < -0.39 is 18.1 Å². The lowest BCUT2D eigenvalue weighted by molar-refractivity contribution is -0.147. The van der Waals surface area contributed by atoms with Gasteiger partial charge in [-0.05, 0) is 17.5 Å². The van der Waals surface area contributed by atoms with Crippen LogP contribution in [0.1, 0.15) is 23.6 Å². The van der Waals surface area contributed by atoms with Gasteiger partial charge in [0.15, 0.2) is 6.10 Å². The molecule has 1 aromatic rings. The number of carbonyl (C=O) groups is 2. The summed E-state index contributed by atoms with van der Waals surface area (Å²) in [7, 11) is 0. The van der Waals surface area contributed by atoms with Gasteiger partial charge >= 0.3 is 5.97 Å². The van der Waals surface area contributed by atoms with Gasteiger partial charge in [-0.2, -0.15) is 0 Å². The number of nitrogens with one attached hydrogen (secondary N) is 2. The Kier molecular flexibility index (Phi) is 4.70. The molecular weight excluding hydrogens is 260 g/mol.